The molecular formula is C10H16NO3S+. The van der Waals surface area contributed by atoms with E-state index >= 15 is 0 Å². The molecule has 0 saturated carbocycles. The molecule has 1 rings (SSSR count). The van der Waals surface area contributed by atoms with E-state index in [1.807, 2.05) is 26.0 Å². The summed E-state index contributed by atoms with van der Waals surface area (Å²) >= 11 is 0. The van der Waals surface area contributed by atoms with Crippen molar-refractivity contribution >= 4 is 10.1 Å². The average Bonchev–Trinajstić information content (AvgIpc) is 2.15. The van der Waals surface area contributed by atoms with Gasteiger partial charge in [-0.05, 0) is 6.42 Å². The van der Waals surface area contributed by atoms with Crippen LogP contribution in [0.15, 0.2) is 24.4 Å². The summed E-state index contributed by atoms with van der Waals surface area (Å²) in [6, 6.07) is 5.48. The number of rotatable bonds is 4. The van der Waals surface area contributed by atoms with Crippen molar-refractivity contribution in [3.8, 4) is 0 Å². The summed E-state index contributed by atoms with van der Waals surface area (Å²) in [4.78, 5) is 0. The van der Waals surface area contributed by atoms with Crippen LogP contribution in [0.3, 0.4) is 0 Å². The number of hydrogen-bond donors (Lipinski definition) is 1. The third-order valence-corrected chi connectivity index (χ3v) is 3.00. The van der Waals surface area contributed by atoms with Gasteiger partial charge in [0.1, 0.15) is 0 Å². The molecule has 0 spiro atoms. The predicted molar refractivity (Wildman–Crippen MR) is 56.9 cm³/mol. The third kappa shape index (κ3) is 3.60. The summed E-state index contributed by atoms with van der Waals surface area (Å²) in [6.07, 6.45) is 2.59. The van der Waals surface area contributed by atoms with Crippen LogP contribution in [0, 0.1) is 0 Å². The second kappa shape index (κ2) is 4.72. The molecule has 84 valence electrons. The third-order valence-electron chi connectivity index (χ3n) is 2.40. The highest BCUT2D eigenvalue weighted by molar-refractivity contribution is 7.84. The van der Waals surface area contributed by atoms with E-state index in [1.54, 1.807) is 16.8 Å². The fourth-order valence-corrected chi connectivity index (χ4v) is 2.03. The first-order chi connectivity index (χ1) is 6.94. The van der Waals surface area contributed by atoms with E-state index in [0.29, 0.717) is 0 Å². The van der Waals surface area contributed by atoms with Crippen LogP contribution in [-0.4, -0.2) is 13.0 Å². The smallest absolute Gasteiger partial charge is 0.281 e. The van der Waals surface area contributed by atoms with E-state index < -0.39 is 10.1 Å². The van der Waals surface area contributed by atoms with Crippen LogP contribution >= 0.6 is 0 Å². The Balaban J connectivity index is 3.07. The summed E-state index contributed by atoms with van der Waals surface area (Å²) in [5.74, 6) is -0.110. The van der Waals surface area contributed by atoms with Gasteiger partial charge in [0.15, 0.2) is 11.9 Å². The molecule has 5 heteroatoms. The highest BCUT2D eigenvalue weighted by atomic mass is 32.2. The Morgan fingerprint density at radius 3 is 2.67 bits per heavy atom. The van der Waals surface area contributed by atoms with Gasteiger partial charge in [-0.15, -0.1) is 0 Å². The van der Waals surface area contributed by atoms with Crippen LogP contribution in [0.4, 0.5) is 0 Å². The standard InChI is InChI=1S/C10H15NO3S/c1-3-9(2)10-6-4-5-7-11(10)8-15(12,13)14/h4-7,9H,3,8H2,1-2H3/p+1. The highest BCUT2D eigenvalue weighted by Gasteiger charge is 2.20. The molecule has 0 bridgehead atoms. The van der Waals surface area contributed by atoms with Gasteiger partial charge in [0.2, 0.25) is 0 Å². The molecule has 4 nitrogen and oxygen atoms in total. The van der Waals surface area contributed by atoms with Gasteiger partial charge in [-0.3, -0.25) is 4.55 Å². The topological polar surface area (TPSA) is 58.2 Å². The van der Waals surface area contributed by atoms with Crippen molar-refractivity contribution in [2.24, 2.45) is 0 Å². The van der Waals surface area contributed by atoms with Crippen LogP contribution in [0.2, 0.25) is 0 Å². The van der Waals surface area contributed by atoms with Crippen LogP contribution in [0.1, 0.15) is 31.9 Å². The zero-order chi connectivity index (χ0) is 11.5. The molecule has 1 unspecified atom stereocenters. The molecule has 1 N–H and O–H groups in total. The Morgan fingerprint density at radius 2 is 2.13 bits per heavy atom. The summed E-state index contributed by atoms with van der Waals surface area (Å²) in [5, 5.41) is 0. The molecule has 1 aromatic rings. The van der Waals surface area contributed by atoms with Crippen molar-refractivity contribution in [2.75, 3.05) is 0 Å². The van der Waals surface area contributed by atoms with Gasteiger partial charge >= 0.3 is 10.1 Å². The molecule has 0 radical (unpaired) electrons. The van der Waals surface area contributed by atoms with Gasteiger partial charge in [-0.2, -0.15) is 13.0 Å². The lowest BCUT2D eigenvalue weighted by Gasteiger charge is -2.07. The summed E-state index contributed by atoms with van der Waals surface area (Å²) in [7, 11) is -3.98. The van der Waals surface area contributed by atoms with Crippen molar-refractivity contribution < 1.29 is 17.5 Å². The fourth-order valence-electron chi connectivity index (χ4n) is 1.44. The zero-order valence-electron chi connectivity index (χ0n) is 8.92. The second-order valence-electron chi connectivity index (χ2n) is 3.62. The normalized spacial score (nSPS) is 13.8. The number of pyridine rings is 1. The van der Waals surface area contributed by atoms with Crippen molar-refractivity contribution in [3.63, 3.8) is 0 Å². The minimum atomic E-state index is -3.98. The molecule has 0 aromatic carbocycles. The van der Waals surface area contributed by atoms with E-state index in [2.05, 4.69) is 0 Å². The lowest BCUT2D eigenvalue weighted by Crippen LogP contribution is -2.42. The molecule has 0 amide bonds. The van der Waals surface area contributed by atoms with Crippen molar-refractivity contribution in [2.45, 2.75) is 32.1 Å². The molecule has 0 aliphatic rings. The monoisotopic (exact) mass is 230 g/mol. The Kier molecular flexibility index (Phi) is 3.82. The largest absolute Gasteiger partial charge is 0.326 e. The number of aromatic nitrogens is 1. The maximum atomic E-state index is 10.8. The maximum absolute atomic E-state index is 10.8. The van der Waals surface area contributed by atoms with E-state index in [0.717, 1.165) is 12.1 Å². The first-order valence-corrected chi connectivity index (χ1v) is 6.48. The Labute approximate surface area is 90.3 Å². The highest BCUT2D eigenvalue weighted by Crippen LogP contribution is 2.13. The molecule has 0 fully saturated rings. The van der Waals surface area contributed by atoms with Crippen LogP contribution in [0.25, 0.3) is 0 Å². The molecule has 1 heterocycles. The van der Waals surface area contributed by atoms with E-state index in [-0.39, 0.29) is 11.8 Å². The molecule has 15 heavy (non-hydrogen) atoms. The van der Waals surface area contributed by atoms with E-state index in [4.69, 9.17) is 4.55 Å². The van der Waals surface area contributed by atoms with Gasteiger partial charge < -0.3 is 0 Å². The van der Waals surface area contributed by atoms with Crippen molar-refractivity contribution in [1.29, 1.82) is 0 Å². The van der Waals surface area contributed by atoms with E-state index in [9.17, 15) is 8.42 Å². The zero-order valence-corrected chi connectivity index (χ0v) is 9.74. The summed E-state index contributed by atoms with van der Waals surface area (Å²) in [6.45, 7) is 4.06. The minimum absolute atomic E-state index is 0.271. The van der Waals surface area contributed by atoms with Gasteiger partial charge in [0, 0.05) is 18.1 Å². The van der Waals surface area contributed by atoms with Gasteiger partial charge in [-0.25, -0.2) is 0 Å². The lowest BCUT2D eigenvalue weighted by atomic mass is 10.0. The van der Waals surface area contributed by atoms with Crippen LogP contribution in [0.5, 0.6) is 0 Å². The first kappa shape index (κ1) is 12.1. The fraction of sp³-hybridized carbons (Fsp3) is 0.500. The number of nitrogens with zero attached hydrogens (tertiary/aromatic N) is 1. The lowest BCUT2D eigenvalue weighted by molar-refractivity contribution is -0.686. The Hall–Kier alpha value is -0.940. The van der Waals surface area contributed by atoms with E-state index in [1.165, 1.54) is 0 Å². The molecular weight excluding hydrogens is 214 g/mol. The average molecular weight is 230 g/mol. The summed E-state index contributed by atoms with van der Waals surface area (Å²) < 4.78 is 32.0. The quantitative estimate of drug-likeness (QED) is 0.627. The Morgan fingerprint density at radius 1 is 1.47 bits per heavy atom. The van der Waals surface area contributed by atoms with Gasteiger partial charge in [-0.1, -0.05) is 19.9 Å². The first-order valence-electron chi connectivity index (χ1n) is 4.87. The number of hydrogen-bond acceptors (Lipinski definition) is 2. The predicted octanol–water partition coefficient (Wildman–Crippen LogP) is 1.33. The van der Waals surface area contributed by atoms with Gasteiger partial charge in [0.05, 0.1) is 0 Å². The van der Waals surface area contributed by atoms with Gasteiger partial charge in [0.25, 0.3) is 5.88 Å². The Bertz CT molecular complexity index is 428. The molecule has 1 atom stereocenters. The molecule has 0 aliphatic heterocycles. The SMILES string of the molecule is CCC(C)c1cccc[n+]1CS(=O)(=O)O. The molecule has 0 aliphatic carbocycles. The summed E-state index contributed by atoms with van der Waals surface area (Å²) in [5.41, 5.74) is 0.914. The minimum Gasteiger partial charge on any atom is -0.281 e. The molecule has 0 saturated heterocycles. The van der Waals surface area contributed by atoms with Crippen LogP contribution < -0.4 is 4.57 Å². The second-order valence-corrected chi connectivity index (χ2v) is 5.04. The van der Waals surface area contributed by atoms with Crippen LogP contribution in [-0.2, 0) is 16.0 Å². The molecule has 1 aromatic heterocycles. The van der Waals surface area contributed by atoms with Crippen molar-refractivity contribution in [1.82, 2.24) is 0 Å². The van der Waals surface area contributed by atoms with Crippen molar-refractivity contribution in [3.05, 3.63) is 30.1 Å². The maximum Gasteiger partial charge on any atom is 0.326 e.